The van der Waals surface area contributed by atoms with Crippen LogP contribution in [-0.2, 0) is 16.6 Å². The van der Waals surface area contributed by atoms with Gasteiger partial charge in [-0.3, -0.25) is 19.1 Å². The zero-order valence-corrected chi connectivity index (χ0v) is 21.6. The normalized spacial score (nSPS) is 22.4. The first-order valence-corrected chi connectivity index (χ1v) is 12.6. The van der Waals surface area contributed by atoms with E-state index in [-0.39, 0.29) is 17.0 Å². The Balaban J connectivity index is 2.05. The van der Waals surface area contributed by atoms with Gasteiger partial charge in [0.1, 0.15) is 21.8 Å². The number of carbonyl (C=O) groups is 1. The Morgan fingerprint density at radius 3 is 2.55 bits per heavy atom. The maximum atomic E-state index is 13.2. The van der Waals surface area contributed by atoms with Crippen molar-refractivity contribution < 1.29 is 9.53 Å². The maximum Gasteiger partial charge on any atom is 0.270 e. The number of pyridine rings is 1. The highest BCUT2D eigenvalue weighted by Gasteiger charge is 2.33. The largest absolute Gasteiger partial charge is 0.382 e. The van der Waals surface area contributed by atoms with E-state index in [9.17, 15) is 14.9 Å². The third-order valence-electron chi connectivity index (χ3n) is 6.16. The van der Waals surface area contributed by atoms with E-state index in [2.05, 4.69) is 24.8 Å². The summed E-state index contributed by atoms with van der Waals surface area (Å²) in [5.41, 5.74) is 1.14. The number of hydrogen-bond acceptors (Lipinski definition) is 7. The second-order valence-electron chi connectivity index (χ2n) is 8.95. The number of amides is 1. The minimum atomic E-state index is -0.309. The van der Waals surface area contributed by atoms with Crippen molar-refractivity contribution in [2.75, 3.05) is 37.7 Å². The molecule has 7 nitrogen and oxygen atoms in total. The molecule has 3 rings (SSSR count). The van der Waals surface area contributed by atoms with Gasteiger partial charge in [0.05, 0.1) is 4.91 Å². The first-order chi connectivity index (χ1) is 15.7. The van der Waals surface area contributed by atoms with Gasteiger partial charge in [-0.15, -0.1) is 0 Å². The summed E-state index contributed by atoms with van der Waals surface area (Å²) >= 11 is 6.74. The average molecular weight is 489 g/mol. The lowest BCUT2D eigenvalue weighted by Crippen LogP contribution is -2.42. The van der Waals surface area contributed by atoms with Gasteiger partial charge in [0.15, 0.2) is 0 Å². The maximum absolute atomic E-state index is 13.2. The Morgan fingerprint density at radius 1 is 1.27 bits per heavy atom. The highest BCUT2D eigenvalue weighted by atomic mass is 32.2. The summed E-state index contributed by atoms with van der Waals surface area (Å²) in [5.74, 6) is 1.59. The van der Waals surface area contributed by atoms with Crippen LogP contribution >= 0.6 is 24.0 Å². The number of hydrogen-bond donors (Lipinski definition) is 0. The van der Waals surface area contributed by atoms with Crippen LogP contribution in [-0.4, -0.2) is 52.5 Å². The Kier molecular flexibility index (Phi) is 8.38. The highest BCUT2D eigenvalue weighted by molar-refractivity contribution is 8.26. The predicted octanol–water partition coefficient (Wildman–Crippen LogP) is 3.68. The summed E-state index contributed by atoms with van der Waals surface area (Å²) in [7, 11) is 1.71. The van der Waals surface area contributed by atoms with E-state index in [0.29, 0.717) is 52.8 Å². The minimum Gasteiger partial charge on any atom is -0.382 e. The molecule has 2 aliphatic rings. The van der Waals surface area contributed by atoms with Crippen molar-refractivity contribution in [3.05, 3.63) is 31.9 Å². The predicted molar refractivity (Wildman–Crippen MR) is 137 cm³/mol. The quantitative estimate of drug-likeness (QED) is 0.329. The van der Waals surface area contributed by atoms with Crippen molar-refractivity contribution in [3.8, 4) is 6.07 Å². The van der Waals surface area contributed by atoms with Crippen LogP contribution in [0.3, 0.4) is 0 Å². The monoisotopic (exact) mass is 488 g/mol. The van der Waals surface area contributed by atoms with E-state index in [4.69, 9.17) is 17.0 Å². The van der Waals surface area contributed by atoms with Crippen LogP contribution in [0.2, 0.25) is 0 Å². The van der Waals surface area contributed by atoms with Gasteiger partial charge < -0.3 is 9.64 Å². The van der Waals surface area contributed by atoms with E-state index < -0.39 is 0 Å². The molecule has 1 aromatic rings. The number of ether oxygens (including phenoxy) is 1. The van der Waals surface area contributed by atoms with Crippen LogP contribution in [0.15, 0.2) is 9.70 Å². The molecule has 178 valence electrons. The van der Waals surface area contributed by atoms with Crippen LogP contribution in [0.5, 0.6) is 0 Å². The lowest BCUT2D eigenvalue weighted by molar-refractivity contribution is -0.122. The van der Waals surface area contributed by atoms with Crippen molar-refractivity contribution in [3.63, 3.8) is 0 Å². The number of piperidine rings is 1. The Labute approximate surface area is 205 Å². The fourth-order valence-corrected chi connectivity index (χ4v) is 6.01. The van der Waals surface area contributed by atoms with Crippen LogP contribution in [0.25, 0.3) is 6.08 Å². The molecular weight excluding hydrogens is 456 g/mol. The van der Waals surface area contributed by atoms with Crippen LogP contribution in [0.4, 0.5) is 5.82 Å². The van der Waals surface area contributed by atoms with Crippen molar-refractivity contribution in [2.24, 2.45) is 18.9 Å². The molecule has 1 aromatic heterocycles. The first kappa shape index (κ1) is 25.5. The van der Waals surface area contributed by atoms with E-state index in [1.54, 1.807) is 23.4 Å². The molecule has 2 fully saturated rings. The van der Waals surface area contributed by atoms with E-state index in [0.717, 1.165) is 30.9 Å². The molecule has 33 heavy (non-hydrogen) atoms. The summed E-state index contributed by atoms with van der Waals surface area (Å²) in [6.45, 7) is 11.5. The zero-order chi connectivity index (χ0) is 24.3. The number of nitriles is 1. The van der Waals surface area contributed by atoms with Gasteiger partial charge in [-0.2, -0.15) is 5.26 Å². The van der Waals surface area contributed by atoms with Crippen LogP contribution < -0.4 is 10.5 Å². The lowest BCUT2D eigenvalue weighted by atomic mass is 9.91. The molecule has 2 aliphatic heterocycles. The first-order valence-electron chi connectivity index (χ1n) is 11.4. The molecule has 3 heterocycles. The number of anilines is 1. The molecular formula is C24H32N4O3S2. The van der Waals surface area contributed by atoms with Gasteiger partial charge in [0.25, 0.3) is 11.5 Å². The molecule has 0 saturated carbocycles. The number of nitrogens with zero attached hydrogens (tertiary/aromatic N) is 4. The van der Waals surface area contributed by atoms with Crippen molar-refractivity contribution in [1.82, 2.24) is 9.47 Å². The summed E-state index contributed by atoms with van der Waals surface area (Å²) in [6.07, 6.45) is 3.66. The fourth-order valence-electron chi connectivity index (χ4n) is 4.72. The topological polar surface area (TPSA) is 78.6 Å². The highest BCUT2D eigenvalue weighted by Crippen LogP contribution is 2.37. The molecule has 0 bridgehead atoms. The molecule has 2 saturated heterocycles. The summed E-state index contributed by atoms with van der Waals surface area (Å²) in [5, 5.41) is 9.66. The smallest absolute Gasteiger partial charge is 0.270 e. The Morgan fingerprint density at radius 2 is 1.94 bits per heavy atom. The summed E-state index contributed by atoms with van der Waals surface area (Å²) in [6, 6.07) is 2.06. The van der Waals surface area contributed by atoms with Crippen LogP contribution in [0, 0.1) is 30.1 Å². The fraction of sp³-hybridized carbons (Fsp3) is 0.583. The Bertz CT molecular complexity index is 1060. The lowest BCUT2D eigenvalue weighted by Gasteiger charge is -2.38. The van der Waals surface area contributed by atoms with E-state index >= 15 is 0 Å². The number of carbonyl (C=O) groups excluding carboxylic acids is 1. The number of thioether (sulfide) groups is 1. The van der Waals surface area contributed by atoms with Crippen molar-refractivity contribution >= 4 is 46.1 Å². The minimum absolute atomic E-state index is 0.109. The van der Waals surface area contributed by atoms with Gasteiger partial charge in [-0.1, -0.05) is 37.8 Å². The molecule has 2 unspecified atom stereocenters. The zero-order valence-electron chi connectivity index (χ0n) is 20.0. The average Bonchev–Trinajstić information content (AvgIpc) is 3.02. The third kappa shape index (κ3) is 5.34. The molecule has 0 aromatic carbocycles. The van der Waals surface area contributed by atoms with Gasteiger partial charge in [-0.25, -0.2) is 0 Å². The van der Waals surface area contributed by atoms with Crippen molar-refractivity contribution in [1.29, 1.82) is 5.26 Å². The van der Waals surface area contributed by atoms with Gasteiger partial charge in [0, 0.05) is 45.5 Å². The summed E-state index contributed by atoms with van der Waals surface area (Å²) < 4.78 is 7.46. The number of rotatable bonds is 7. The second-order valence-corrected chi connectivity index (χ2v) is 10.6. The summed E-state index contributed by atoms with van der Waals surface area (Å²) in [4.78, 5) is 30.5. The van der Waals surface area contributed by atoms with Crippen LogP contribution in [0.1, 0.15) is 50.3 Å². The molecule has 0 N–H and O–H groups in total. The van der Waals surface area contributed by atoms with E-state index in [1.165, 1.54) is 11.8 Å². The van der Waals surface area contributed by atoms with Gasteiger partial charge in [-0.05, 0) is 50.2 Å². The van der Waals surface area contributed by atoms with Gasteiger partial charge in [0.2, 0.25) is 0 Å². The number of aromatic nitrogens is 1. The second kappa shape index (κ2) is 10.9. The molecule has 0 spiro atoms. The molecule has 0 aliphatic carbocycles. The molecule has 2 atom stereocenters. The Hall–Kier alpha value is -2.15. The number of thiocarbonyl (C=S) groups is 1. The van der Waals surface area contributed by atoms with Gasteiger partial charge >= 0.3 is 0 Å². The molecule has 9 heteroatoms. The molecule has 0 radical (unpaired) electrons. The third-order valence-corrected chi connectivity index (χ3v) is 7.54. The van der Waals surface area contributed by atoms with E-state index in [1.807, 2.05) is 13.0 Å². The standard InChI is InChI=1S/C24H32N4O3S2/c1-6-31-9-7-8-28-23(30)20(33-24(28)32)11-18-17(4)19(12-25)22(29)26(5)21(18)27-13-15(2)10-16(3)14-27/h11,15-16H,6-10,13-14H2,1-5H3/b20-11-. The van der Waals surface area contributed by atoms with Crippen molar-refractivity contribution in [2.45, 2.75) is 40.5 Å². The SMILES string of the molecule is CCOCCCN1C(=O)/C(=C/c2c(C)c(C#N)c(=O)n(C)c2N2CC(C)CC(C)C2)SC1=S. The molecule has 1 amide bonds.